The van der Waals surface area contributed by atoms with E-state index in [1.54, 1.807) is 25.1 Å². The number of Topliss-reactive ketones (excluding diaryl/α,β-unsaturated/α-hetero) is 1. The molecule has 5 heteroatoms. The van der Waals surface area contributed by atoms with Gasteiger partial charge in [0.25, 0.3) is 0 Å². The Morgan fingerprint density at radius 3 is 2.79 bits per heavy atom. The normalized spacial score (nSPS) is 17.3. The van der Waals surface area contributed by atoms with Crippen molar-refractivity contribution in [1.29, 1.82) is 0 Å². The summed E-state index contributed by atoms with van der Waals surface area (Å²) >= 11 is 0. The highest BCUT2D eigenvalue weighted by atomic mass is 19.1. The molecule has 0 bridgehead atoms. The number of carbonyl (C=O) groups is 2. The highest BCUT2D eigenvalue weighted by molar-refractivity contribution is 5.94. The molecule has 2 aromatic rings. The van der Waals surface area contributed by atoms with Gasteiger partial charge < -0.3 is 5.32 Å². The summed E-state index contributed by atoms with van der Waals surface area (Å²) < 4.78 is 13.6. The van der Waals surface area contributed by atoms with Crippen molar-refractivity contribution in [3.63, 3.8) is 0 Å². The maximum atomic E-state index is 13.6. The molecule has 1 fully saturated rings. The summed E-state index contributed by atoms with van der Waals surface area (Å²) in [4.78, 5) is 26.1. The van der Waals surface area contributed by atoms with E-state index in [1.165, 1.54) is 6.07 Å². The molecule has 1 aliphatic heterocycles. The van der Waals surface area contributed by atoms with Crippen LogP contribution in [-0.2, 0) is 11.3 Å². The highest BCUT2D eigenvalue weighted by Gasteiger charge is 2.21. The largest absolute Gasteiger partial charge is 0.324 e. The molecule has 3 rings (SSSR count). The zero-order valence-electron chi connectivity index (χ0n) is 16.3. The number of rotatable bonds is 7. The van der Waals surface area contributed by atoms with Crippen LogP contribution in [0, 0.1) is 11.7 Å². The lowest BCUT2D eigenvalue weighted by atomic mass is 9.93. The first kappa shape index (κ1) is 20.2. The van der Waals surface area contributed by atoms with Crippen LogP contribution in [0.15, 0.2) is 48.5 Å². The summed E-state index contributed by atoms with van der Waals surface area (Å²) in [5.74, 6) is -0.0146. The number of halogens is 1. The summed E-state index contributed by atoms with van der Waals surface area (Å²) in [5, 5.41) is 2.66. The van der Waals surface area contributed by atoms with E-state index in [0.717, 1.165) is 50.0 Å². The lowest BCUT2D eigenvalue weighted by Gasteiger charge is -2.32. The van der Waals surface area contributed by atoms with Crippen molar-refractivity contribution >= 4 is 17.4 Å². The van der Waals surface area contributed by atoms with Gasteiger partial charge in [0, 0.05) is 25.1 Å². The van der Waals surface area contributed by atoms with Gasteiger partial charge in [0.1, 0.15) is 5.82 Å². The summed E-state index contributed by atoms with van der Waals surface area (Å²) in [6.07, 6.45) is 3.40. The van der Waals surface area contributed by atoms with Crippen molar-refractivity contribution in [2.45, 2.75) is 39.2 Å². The fourth-order valence-corrected chi connectivity index (χ4v) is 3.79. The second-order valence-corrected chi connectivity index (χ2v) is 7.57. The van der Waals surface area contributed by atoms with Gasteiger partial charge in [0.2, 0.25) is 5.91 Å². The van der Waals surface area contributed by atoms with Crippen molar-refractivity contribution in [2.24, 2.45) is 5.92 Å². The van der Waals surface area contributed by atoms with Crippen LogP contribution in [0.25, 0.3) is 0 Å². The minimum absolute atomic E-state index is 0.0826. The first-order valence-corrected chi connectivity index (χ1v) is 9.88. The number of benzene rings is 2. The minimum Gasteiger partial charge on any atom is -0.324 e. The second kappa shape index (κ2) is 9.60. The third kappa shape index (κ3) is 5.73. The first-order valence-electron chi connectivity index (χ1n) is 9.88. The molecule has 0 spiro atoms. The van der Waals surface area contributed by atoms with Crippen molar-refractivity contribution in [3.05, 3.63) is 65.5 Å². The average Bonchev–Trinajstić information content (AvgIpc) is 2.69. The van der Waals surface area contributed by atoms with E-state index in [-0.39, 0.29) is 17.4 Å². The highest BCUT2D eigenvalue weighted by Crippen LogP contribution is 2.23. The monoisotopic (exact) mass is 382 g/mol. The summed E-state index contributed by atoms with van der Waals surface area (Å²) in [6.45, 7) is 4.38. The van der Waals surface area contributed by atoms with Gasteiger partial charge in [-0.2, -0.15) is 0 Å². The molecular weight excluding hydrogens is 355 g/mol. The first-order chi connectivity index (χ1) is 13.5. The molecule has 1 saturated heterocycles. The van der Waals surface area contributed by atoms with Gasteiger partial charge in [0.05, 0.1) is 5.69 Å². The van der Waals surface area contributed by atoms with E-state index in [1.807, 2.05) is 18.2 Å². The number of nitrogens with one attached hydrogen (secondary N) is 1. The summed E-state index contributed by atoms with van der Waals surface area (Å²) in [7, 11) is 0. The molecule has 1 heterocycles. The van der Waals surface area contributed by atoms with Gasteiger partial charge in [-0.25, -0.2) is 4.39 Å². The number of para-hydroxylation sites is 1. The fourth-order valence-electron chi connectivity index (χ4n) is 3.79. The maximum absolute atomic E-state index is 13.6. The summed E-state index contributed by atoms with van der Waals surface area (Å²) in [5.41, 5.74) is 2.13. The molecule has 0 radical (unpaired) electrons. The zero-order valence-corrected chi connectivity index (χ0v) is 16.3. The van der Waals surface area contributed by atoms with Crippen LogP contribution in [0.3, 0.4) is 0 Å². The number of hydrogen-bond donors (Lipinski definition) is 1. The summed E-state index contributed by atoms with van der Waals surface area (Å²) in [6, 6.07) is 14.0. The predicted molar refractivity (Wildman–Crippen MR) is 109 cm³/mol. The Labute approximate surface area is 165 Å². The van der Waals surface area contributed by atoms with Crippen LogP contribution in [0.2, 0.25) is 0 Å². The predicted octanol–water partition coefficient (Wildman–Crippen LogP) is 4.66. The van der Waals surface area contributed by atoms with E-state index in [4.69, 9.17) is 0 Å². The molecule has 28 heavy (non-hydrogen) atoms. The number of likely N-dealkylation sites (tertiary alicyclic amines) is 1. The van der Waals surface area contributed by atoms with Crippen LogP contribution in [0.5, 0.6) is 0 Å². The van der Waals surface area contributed by atoms with Gasteiger partial charge in [-0.1, -0.05) is 30.3 Å². The van der Waals surface area contributed by atoms with E-state index in [2.05, 4.69) is 16.3 Å². The third-order valence-electron chi connectivity index (χ3n) is 5.27. The van der Waals surface area contributed by atoms with Gasteiger partial charge >= 0.3 is 0 Å². The van der Waals surface area contributed by atoms with Gasteiger partial charge in [-0.05, 0) is 62.4 Å². The molecule has 0 saturated carbocycles. The standard InChI is InChI=1S/C23H27FN2O2/c1-17(27)20-8-4-6-19(14-20)16-26-13-5-7-18(15-26)11-12-23(28)25-22-10-3-2-9-21(22)24/h2-4,6,8-10,14,18H,5,7,11-13,15-16H2,1H3,(H,25,28)/t18-/m0/s1. The Kier molecular flexibility index (Phi) is 6.93. The maximum Gasteiger partial charge on any atom is 0.224 e. The van der Waals surface area contributed by atoms with Gasteiger partial charge in [-0.3, -0.25) is 14.5 Å². The van der Waals surface area contributed by atoms with Crippen LogP contribution in [0.1, 0.15) is 48.5 Å². The topological polar surface area (TPSA) is 49.4 Å². The van der Waals surface area contributed by atoms with Crippen molar-refractivity contribution in [1.82, 2.24) is 4.90 Å². The third-order valence-corrected chi connectivity index (χ3v) is 5.27. The number of piperidine rings is 1. The van der Waals surface area contributed by atoms with E-state index in [9.17, 15) is 14.0 Å². The average molecular weight is 382 g/mol. The number of hydrogen-bond acceptors (Lipinski definition) is 3. The lowest BCUT2D eigenvalue weighted by molar-refractivity contribution is -0.116. The SMILES string of the molecule is CC(=O)c1cccc(CN2CCC[C@@H](CCC(=O)Nc3ccccc3F)C2)c1. The van der Waals surface area contributed by atoms with Crippen LogP contribution in [0.4, 0.5) is 10.1 Å². The number of carbonyl (C=O) groups excluding carboxylic acids is 2. The van der Waals surface area contributed by atoms with Gasteiger partial charge in [-0.15, -0.1) is 0 Å². The number of nitrogens with zero attached hydrogens (tertiary/aromatic N) is 1. The quantitative estimate of drug-likeness (QED) is 0.709. The molecule has 2 aromatic carbocycles. The fraction of sp³-hybridized carbons (Fsp3) is 0.391. The van der Waals surface area contributed by atoms with Crippen molar-refractivity contribution in [3.8, 4) is 0 Å². The lowest BCUT2D eigenvalue weighted by Crippen LogP contribution is -2.35. The van der Waals surface area contributed by atoms with Gasteiger partial charge in [0.15, 0.2) is 5.78 Å². The molecule has 0 aliphatic carbocycles. The molecule has 148 valence electrons. The zero-order chi connectivity index (χ0) is 19.9. The Bertz CT molecular complexity index is 837. The Morgan fingerprint density at radius 2 is 2.00 bits per heavy atom. The molecule has 1 N–H and O–H groups in total. The van der Waals surface area contributed by atoms with E-state index in [0.29, 0.717) is 12.3 Å². The minimum atomic E-state index is -0.410. The number of anilines is 1. The molecule has 1 aliphatic rings. The van der Waals surface area contributed by atoms with E-state index < -0.39 is 5.82 Å². The Morgan fingerprint density at radius 1 is 1.18 bits per heavy atom. The Hall–Kier alpha value is -2.53. The van der Waals surface area contributed by atoms with Crippen molar-refractivity contribution < 1.29 is 14.0 Å². The number of amides is 1. The molecule has 0 aromatic heterocycles. The van der Waals surface area contributed by atoms with Crippen LogP contribution >= 0.6 is 0 Å². The molecule has 4 nitrogen and oxygen atoms in total. The smallest absolute Gasteiger partial charge is 0.224 e. The Balaban J connectivity index is 1.48. The molecular formula is C23H27FN2O2. The van der Waals surface area contributed by atoms with Crippen molar-refractivity contribution in [2.75, 3.05) is 18.4 Å². The van der Waals surface area contributed by atoms with Crippen LogP contribution < -0.4 is 5.32 Å². The van der Waals surface area contributed by atoms with E-state index >= 15 is 0 Å². The molecule has 1 amide bonds. The van der Waals surface area contributed by atoms with Crippen LogP contribution in [-0.4, -0.2) is 29.7 Å². The number of ketones is 1. The molecule has 1 atom stereocenters. The molecule has 0 unspecified atom stereocenters. The second-order valence-electron chi connectivity index (χ2n) is 7.57.